The molecular weight excluding hydrogens is 258 g/mol. The minimum Gasteiger partial charge on any atom is -0.480 e. The second-order valence-corrected chi connectivity index (χ2v) is 4.81. The number of hydrogen-bond donors (Lipinski definition) is 2. The summed E-state index contributed by atoms with van der Waals surface area (Å²) in [4.78, 5) is 29.0. The molecule has 0 saturated heterocycles. The van der Waals surface area contributed by atoms with Crippen molar-refractivity contribution in [2.24, 2.45) is 0 Å². The first-order valence-corrected chi connectivity index (χ1v) is 6.62. The molecule has 1 heterocycles. The maximum absolute atomic E-state index is 12.0. The van der Waals surface area contributed by atoms with Crippen molar-refractivity contribution in [3.8, 4) is 0 Å². The van der Waals surface area contributed by atoms with E-state index in [-0.39, 0.29) is 0 Å². The van der Waals surface area contributed by atoms with Crippen molar-refractivity contribution in [2.75, 3.05) is 19.0 Å². The Morgan fingerprint density at radius 3 is 2.55 bits per heavy atom. The van der Waals surface area contributed by atoms with Gasteiger partial charge < -0.3 is 15.3 Å². The van der Waals surface area contributed by atoms with Gasteiger partial charge in [-0.25, -0.2) is 9.78 Å². The Kier molecular flexibility index (Phi) is 5.96. The summed E-state index contributed by atoms with van der Waals surface area (Å²) in [5, 5.41) is 11.6. The van der Waals surface area contributed by atoms with Gasteiger partial charge in [0.15, 0.2) is 0 Å². The van der Waals surface area contributed by atoms with E-state index in [9.17, 15) is 9.59 Å². The Bertz CT molecular complexity index is 457. The minimum absolute atomic E-state index is 0.360. The molecule has 0 aliphatic heterocycles. The molecule has 0 radical (unpaired) electrons. The van der Waals surface area contributed by atoms with Gasteiger partial charge in [0.2, 0.25) is 0 Å². The van der Waals surface area contributed by atoms with Crippen molar-refractivity contribution in [3.63, 3.8) is 0 Å². The van der Waals surface area contributed by atoms with Crippen LogP contribution in [0.25, 0.3) is 0 Å². The number of pyridine rings is 1. The molecule has 0 aromatic carbocycles. The third-order valence-corrected chi connectivity index (χ3v) is 2.92. The number of aliphatic carboxylic acids is 1. The predicted octanol–water partition coefficient (Wildman–Crippen LogP) is 1.52. The van der Waals surface area contributed by atoms with Crippen LogP contribution in [0.15, 0.2) is 18.3 Å². The van der Waals surface area contributed by atoms with Crippen LogP contribution in [0.4, 0.5) is 5.82 Å². The lowest BCUT2D eigenvalue weighted by Gasteiger charge is -2.15. The third kappa shape index (κ3) is 4.53. The molecule has 1 amide bonds. The molecule has 110 valence electrons. The number of nitrogens with zero attached hydrogens (tertiary/aromatic N) is 2. The van der Waals surface area contributed by atoms with Crippen molar-refractivity contribution < 1.29 is 14.7 Å². The molecule has 2 N–H and O–H groups in total. The summed E-state index contributed by atoms with van der Waals surface area (Å²) in [6.07, 6.45) is 3.53. The lowest BCUT2D eigenvalue weighted by Crippen LogP contribution is -2.40. The molecule has 6 heteroatoms. The molecule has 0 fully saturated rings. The smallest absolute Gasteiger partial charge is 0.326 e. The van der Waals surface area contributed by atoms with Gasteiger partial charge in [-0.1, -0.05) is 19.8 Å². The van der Waals surface area contributed by atoms with Gasteiger partial charge in [0, 0.05) is 20.3 Å². The highest BCUT2D eigenvalue weighted by Crippen LogP contribution is 2.09. The maximum atomic E-state index is 12.0. The maximum Gasteiger partial charge on any atom is 0.326 e. The molecule has 0 aliphatic carbocycles. The van der Waals surface area contributed by atoms with Gasteiger partial charge in [0.05, 0.1) is 5.56 Å². The molecule has 0 aliphatic rings. The topological polar surface area (TPSA) is 82.5 Å². The number of unbranched alkanes of at least 4 members (excludes halogenated alkanes) is 1. The second-order valence-electron chi connectivity index (χ2n) is 4.81. The molecular formula is C14H21N3O3. The molecule has 0 saturated carbocycles. The van der Waals surface area contributed by atoms with Crippen LogP contribution in [0.5, 0.6) is 0 Å². The molecule has 1 unspecified atom stereocenters. The van der Waals surface area contributed by atoms with Crippen LogP contribution in [0.2, 0.25) is 0 Å². The summed E-state index contributed by atoms with van der Waals surface area (Å²) in [5.74, 6) is -0.682. The zero-order valence-corrected chi connectivity index (χ0v) is 12.1. The number of carbonyl (C=O) groups is 2. The quantitative estimate of drug-likeness (QED) is 0.790. The van der Waals surface area contributed by atoms with Crippen LogP contribution in [0.1, 0.15) is 36.5 Å². The molecule has 0 bridgehead atoms. The van der Waals surface area contributed by atoms with E-state index in [2.05, 4.69) is 10.3 Å². The number of amides is 1. The fraction of sp³-hybridized carbons (Fsp3) is 0.500. The summed E-state index contributed by atoms with van der Waals surface area (Å²) in [7, 11) is 3.71. The Morgan fingerprint density at radius 2 is 2.10 bits per heavy atom. The molecule has 20 heavy (non-hydrogen) atoms. The molecule has 0 spiro atoms. The average Bonchev–Trinajstić information content (AvgIpc) is 2.42. The second kappa shape index (κ2) is 7.47. The first kappa shape index (κ1) is 15.9. The number of rotatable bonds is 7. The van der Waals surface area contributed by atoms with E-state index in [4.69, 9.17) is 5.11 Å². The highest BCUT2D eigenvalue weighted by molar-refractivity contribution is 5.96. The van der Waals surface area contributed by atoms with E-state index in [0.717, 1.165) is 18.7 Å². The largest absolute Gasteiger partial charge is 0.480 e. The Balaban J connectivity index is 2.70. The fourth-order valence-corrected chi connectivity index (χ4v) is 1.69. The number of nitrogens with one attached hydrogen (secondary N) is 1. The van der Waals surface area contributed by atoms with Crippen LogP contribution >= 0.6 is 0 Å². The van der Waals surface area contributed by atoms with Crippen molar-refractivity contribution in [2.45, 2.75) is 32.2 Å². The predicted molar refractivity (Wildman–Crippen MR) is 77.0 cm³/mol. The van der Waals surface area contributed by atoms with Gasteiger partial charge in [0.25, 0.3) is 5.91 Å². The van der Waals surface area contributed by atoms with E-state index in [1.165, 1.54) is 6.20 Å². The summed E-state index contributed by atoms with van der Waals surface area (Å²) in [6, 6.07) is 2.50. The summed E-state index contributed by atoms with van der Waals surface area (Å²) >= 11 is 0. The van der Waals surface area contributed by atoms with Crippen LogP contribution < -0.4 is 10.2 Å². The van der Waals surface area contributed by atoms with E-state index in [1.807, 2.05) is 25.9 Å². The third-order valence-electron chi connectivity index (χ3n) is 2.92. The number of carbonyl (C=O) groups excluding carboxylic acids is 1. The van der Waals surface area contributed by atoms with E-state index in [1.54, 1.807) is 12.1 Å². The average molecular weight is 279 g/mol. The Labute approximate surface area is 118 Å². The number of hydrogen-bond acceptors (Lipinski definition) is 4. The van der Waals surface area contributed by atoms with E-state index < -0.39 is 17.9 Å². The van der Waals surface area contributed by atoms with E-state index >= 15 is 0 Å². The van der Waals surface area contributed by atoms with Crippen molar-refractivity contribution >= 4 is 17.7 Å². The standard InChI is InChI=1S/C14H21N3O3/c1-4-5-6-11(14(19)20)16-13(18)10-7-8-12(15-9-10)17(2)3/h7-9,11H,4-6H2,1-3H3,(H,16,18)(H,19,20). The van der Waals surface area contributed by atoms with Gasteiger partial charge in [-0.05, 0) is 18.6 Å². The number of anilines is 1. The first-order chi connectivity index (χ1) is 9.45. The van der Waals surface area contributed by atoms with E-state index in [0.29, 0.717) is 12.0 Å². The van der Waals surface area contributed by atoms with Gasteiger partial charge >= 0.3 is 5.97 Å². The molecule has 1 aromatic rings. The van der Waals surface area contributed by atoms with Gasteiger partial charge in [-0.3, -0.25) is 4.79 Å². The molecule has 1 aromatic heterocycles. The lowest BCUT2D eigenvalue weighted by molar-refractivity contribution is -0.139. The van der Waals surface area contributed by atoms with Gasteiger partial charge in [-0.15, -0.1) is 0 Å². The highest BCUT2D eigenvalue weighted by Gasteiger charge is 2.20. The van der Waals surface area contributed by atoms with Crippen LogP contribution in [-0.2, 0) is 4.79 Å². The summed E-state index contributed by atoms with van der Waals surface area (Å²) < 4.78 is 0. The zero-order valence-electron chi connectivity index (χ0n) is 12.1. The first-order valence-electron chi connectivity index (χ1n) is 6.62. The van der Waals surface area contributed by atoms with Gasteiger partial charge in [-0.2, -0.15) is 0 Å². The Morgan fingerprint density at radius 1 is 1.40 bits per heavy atom. The number of carboxylic acid groups (broad SMARTS) is 1. The number of aromatic nitrogens is 1. The van der Waals surface area contributed by atoms with Crippen LogP contribution in [0, 0.1) is 0 Å². The van der Waals surface area contributed by atoms with Crippen LogP contribution in [0.3, 0.4) is 0 Å². The minimum atomic E-state index is -1.01. The Hall–Kier alpha value is -2.11. The van der Waals surface area contributed by atoms with Crippen molar-refractivity contribution in [1.82, 2.24) is 10.3 Å². The lowest BCUT2D eigenvalue weighted by atomic mass is 10.1. The number of carboxylic acids is 1. The highest BCUT2D eigenvalue weighted by atomic mass is 16.4. The summed E-state index contributed by atoms with van der Waals surface area (Å²) in [5.41, 5.74) is 0.360. The SMILES string of the molecule is CCCCC(NC(=O)c1ccc(N(C)C)nc1)C(=O)O. The molecule has 1 atom stereocenters. The fourth-order valence-electron chi connectivity index (χ4n) is 1.69. The summed E-state index contributed by atoms with van der Waals surface area (Å²) in [6.45, 7) is 1.98. The van der Waals surface area contributed by atoms with Gasteiger partial charge in [0.1, 0.15) is 11.9 Å². The molecule has 6 nitrogen and oxygen atoms in total. The monoisotopic (exact) mass is 279 g/mol. The zero-order chi connectivity index (χ0) is 15.1. The molecule has 1 rings (SSSR count). The van der Waals surface area contributed by atoms with Crippen LogP contribution in [-0.4, -0.2) is 42.1 Å². The normalized spacial score (nSPS) is 11.8. The van der Waals surface area contributed by atoms with Crippen molar-refractivity contribution in [3.05, 3.63) is 23.9 Å². The van der Waals surface area contributed by atoms with Crippen molar-refractivity contribution in [1.29, 1.82) is 0 Å².